The molecular formula is C25H22N4O4S. The first-order chi connectivity index (χ1) is 16.5. The summed E-state index contributed by atoms with van der Waals surface area (Å²) in [5, 5.41) is 6.18. The van der Waals surface area contributed by atoms with Crippen molar-refractivity contribution >= 4 is 40.0 Å². The molecule has 5 rings (SSSR count). The number of nitrogens with zero attached hydrogens (tertiary/aromatic N) is 2. The van der Waals surface area contributed by atoms with E-state index in [-0.39, 0.29) is 5.91 Å². The number of carbonyl (C=O) groups is 4. The van der Waals surface area contributed by atoms with Crippen LogP contribution in [0, 0.1) is 0 Å². The van der Waals surface area contributed by atoms with Crippen molar-refractivity contribution in [3.63, 3.8) is 0 Å². The number of thiophene rings is 1. The number of hydrogen-bond acceptors (Lipinski definition) is 6. The van der Waals surface area contributed by atoms with Crippen molar-refractivity contribution < 1.29 is 19.2 Å². The number of imide groups is 1. The number of anilines is 1. The molecule has 0 saturated heterocycles. The van der Waals surface area contributed by atoms with Crippen molar-refractivity contribution in [1.29, 1.82) is 0 Å². The SMILES string of the molecule is O=C(CN1C(=O)c2ccccc2C1=O)Nc1sc2c(c1C(=O)NCc1cccnc1)CCCC2. The van der Waals surface area contributed by atoms with E-state index >= 15 is 0 Å². The number of hydrogen-bond donors (Lipinski definition) is 2. The van der Waals surface area contributed by atoms with Gasteiger partial charge >= 0.3 is 0 Å². The van der Waals surface area contributed by atoms with Crippen molar-refractivity contribution in [2.24, 2.45) is 0 Å². The highest BCUT2D eigenvalue weighted by molar-refractivity contribution is 7.17. The van der Waals surface area contributed by atoms with Gasteiger partial charge in [-0.15, -0.1) is 11.3 Å². The molecule has 0 radical (unpaired) electrons. The Morgan fingerprint density at radius 1 is 1.00 bits per heavy atom. The number of aromatic nitrogens is 1. The van der Waals surface area contributed by atoms with Gasteiger partial charge in [0.25, 0.3) is 17.7 Å². The minimum atomic E-state index is -0.519. The molecule has 34 heavy (non-hydrogen) atoms. The zero-order valence-corrected chi connectivity index (χ0v) is 19.1. The molecule has 3 aromatic rings. The van der Waals surface area contributed by atoms with Gasteiger partial charge in [0.15, 0.2) is 0 Å². The van der Waals surface area contributed by atoms with E-state index in [1.54, 1.807) is 42.7 Å². The Hall–Kier alpha value is -3.85. The Kier molecular flexibility index (Phi) is 5.93. The second-order valence-corrected chi connectivity index (χ2v) is 9.35. The van der Waals surface area contributed by atoms with Gasteiger partial charge in [-0.3, -0.25) is 29.1 Å². The first-order valence-electron chi connectivity index (χ1n) is 11.1. The van der Waals surface area contributed by atoms with Crippen LogP contribution in [0.2, 0.25) is 0 Å². The fourth-order valence-electron chi connectivity index (χ4n) is 4.36. The highest BCUT2D eigenvalue weighted by atomic mass is 32.1. The second-order valence-electron chi connectivity index (χ2n) is 8.25. The lowest BCUT2D eigenvalue weighted by Gasteiger charge is -2.15. The number of pyridine rings is 1. The molecule has 1 aliphatic carbocycles. The Labute approximate surface area is 200 Å². The summed E-state index contributed by atoms with van der Waals surface area (Å²) < 4.78 is 0. The Balaban J connectivity index is 1.34. The molecule has 2 aromatic heterocycles. The zero-order chi connectivity index (χ0) is 23.7. The lowest BCUT2D eigenvalue weighted by molar-refractivity contribution is -0.116. The topological polar surface area (TPSA) is 108 Å². The van der Waals surface area contributed by atoms with Crippen LogP contribution in [-0.2, 0) is 24.2 Å². The van der Waals surface area contributed by atoms with Crippen LogP contribution in [0.4, 0.5) is 5.00 Å². The number of benzene rings is 1. The molecule has 0 bridgehead atoms. The highest BCUT2D eigenvalue weighted by Crippen LogP contribution is 2.38. The second kappa shape index (κ2) is 9.18. The lowest BCUT2D eigenvalue weighted by atomic mass is 9.95. The third-order valence-electron chi connectivity index (χ3n) is 6.01. The van der Waals surface area contributed by atoms with Crippen LogP contribution in [0.5, 0.6) is 0 Å². The van der Waals surface area contributed by atoms with Crippen molar-refractivity contribution in [3.8, 4) is 0 Å². The quantitative estimate of drug-likeness (QED) is 0.534. The number of aryl methyl sites for hydroxylation is 1. The molecule has 0 saturated carbocycles. The van der Waals surface area contributed by atoms with E-state index in [1.807, 2.05) is 6.07 Å². The van der Waals surface area contributed by atoms with Crippen LogP contribution in [0.15, 0.2) is 48.8 Å². The predicted molar refractivity (Wildman–Crippen MR) is 127 cm³/mol. The summed E-state index contributed by atoms with van der Waals surface area (Å²) in [6.45, 7) is -0.0919. The van der Waals surface area contributed by atoms with E-state index in [4.69, 9.17) is 0 Å². The van der Waals surface area contributed by atoms with Gasteiger partial charge in [0.2, 0.25) is 5.91 Å². The van der Waals surface area contributed by atoms with Crippen LogP contribution in [0.1, 0.15) is 59.9 Å². The van der Waals surface area contributed by atoms with Crippen LogP contribution < -0.4 is 10.6 Å². The molecule has 0 spiro atoms. The minimum Gasteiger partial charge on any atom is -0.348 e. The third kappa shape index (κ3) is 4.10. The Morgan fingerprint density at radius 2 is 1.74 bits per heavy atom. The lowest BCUT2D eigenvalue weighted by Crippen LogP contribution is -2.37. The monoisotopic (exact) mass is 474 g/mol. The Bertz CT molecular complexity index is 1270. The predicted octanol–water partition coefficient (Wildman–Crippen LogP) is 3.19. The molecule has 0 unspecified atom stereocenters. The average Bonchev–Trinajstić information content (AvgIpc) is 3.33. The largest absolute Gasteiger partial charge is 0.348 e. The highest BCUT2D eigenvalue weighted by Gasteiger charge is 2.36. The molecule has 4 amide bonds. The van der Waals surface area contributed by atoms with Gasteiger partial charge in [0, 0.05) is 23.8 Å². The van der Waals surface area contributed by atoms with Gasteiger partial charge in [-0.1, -0.05) is 18.2 Å². The maximum absolute atomic E-state index is 13.2. The van der Waals surface area contributed by atoms with Gasteiger partial charge in [-0.25, -0.2) is 0 Å². The number of fused-ring (bicyclic) bond motifs is 2. The number of rotatable bonds is 6. The molecule has 2 N–H and O–H groups in total. The van der Waals surface area contributed by atoms with Crippen LogP contribution >= 0.6 is 11.3 Å². The number of carbonyl (C=O) groups excluding carboxylic acids is 4. The molecule has 1 aromatic carbocycles. The van der Waals surface area contributed by atoms with Crippen molar-refractivity contribution in [2.45, 2.75) is 32.2 Å². The number of nitrogens with one attached hydrogen (secondary N) is 2. The van der Waals surface area contributed by atoms with Gasteiger partial charge in [0.05, 0.1) is 16.7 Å². The molecular weight excluding hydrogens is 452 g/mol. The summed E-state index contributed by atoms with van der Waals surface area (Å²) >= 11 is 1.39. The van der Waals surface area contributed by atoms with Gasteiger partial charge in [-0.2, -0.15) is 0 Å². The maximum Gasteiger partial charge on any atom is 0.262 e. The van der Waals surface area contributed by atoms with Crippen molar-refractivity contribution in [3.05, 3.63) is 81.5 Å². The third-order valence-corrected chi connectivity index (χ3v) is 7.21. The van der Waals surface area contributed by atoms with Crippen molar-refractivity contribution in [1.82, 2.24) is 15.2 Å². The smallest absolute Gasteiger partial charge is 0.262 e. The average molecular weight is 475 g/mol. The van der Waals surface area contributed by atoms with Crippen molar-refractivity contribution in [2.75, 3.05) is 11.9 Å². The fourth-order valence-corrected chi connectivity index (χ4v) is 5.66. The van der Waals surface area contributed by atoms with E-state index in [0.717, 1.165) is 46.6 Å². The number of amides is 4. The first-order valence-corrected chi connectivity index (χ1v) is 11.9. The summed E-state index contributed by atoms with van der Waals surface area (Å²) in [4.78, 5) is 57.4. The van der Waals surface area contributed by atoms with Crippen LogP contribution in [0.3, 0.4) is 0 Å². The summed E-state index contributed by atoms with van der Waals surface area (Å²) in [5.41, 5.74) is 2.90. The van der Waals surface area contributed by atoms with Gasteiger partial charge in [0.1, 0.15) is 11.5 Å². The van der Waals surface area contributed by atoms with E-state index in [1.165, 1.54) is 11.3 Å². The van der Waals surface area contributed by atoms with Gasteiger partial charge < -0.3 is 10.6 Å². The molecule has 0 atom stereocenters. The molecule has 2 aliphatic rings. The molecule has 3 heterocycles. The van der Waals surface area contributed by atoms with E-state index < -0.39 is 24.3 Å². The van der Waals surface area contributed by atoms with E-state index in [0.29, 0.717) is 28.2 Å². The molecule has 8 nitrogen and oxygen atoms in total. The van der Waals surface area contributed by atoms with E-state index in [2.05, 4.69) is 15.6 Å². The molecule has 172 valence electrons. The van der Waals surface area contributed by atoms with Crippen LogP contribution in [-0.4, -0.2) is 40.1 Å². The first kappa shape index (κ1) is 22.0. The summed E-state index contributed by atoms with van der Waals surface area (Å²) in [5.74, 6) is -1.76. The summed E-state index contributed by atoms with van der Waals surface area (Å²) in [6.07, 6.45) is 7.01. The minimum absolute atomic E-state index is 0.265. The molecule has 1 aliphatic heterocycles. The summed E-state index contributed by atoms with van der Waals surface area (Å²) in [7, 11) is 0. The fraction of sp³-hybridized carbons (Fsp3) is 0.240. The normalized spacial score (nSPS) is 14.5. The molecule has 9 heteroatoms. The molecule has 0 fully saturated rings. The van der Waals surface area contributed by atoms with E-state index in [9.17, 15) is 19.2 Å². The van der Waals surface area contributed by atoms with Gasteiger partial charge in [-0.05, 0) is 55.0 Å². The van der Waals surface area contributed by atoms with Crippen LogP contribution in [0.25, 0.3) is 0 Å². The zero-order valence-electron chi connectivity index (χ0n) is 18.3. The standard InChI is InChI=1S/C25H22N4O4S/c30-20(14-29-24(32)16-7-1-2-8-17(16)25(29)33)28-23-21(18-9-3-4-10-19(18)34-23)22(31)27-13-15-6-5-11-26-12-15/h1-2,5-8,11-12H,3-4,9-10,13-14H2,(H,27,31)(H,28,30). The summed E-state index contributed by atoms with van der Waals surface area (Å²) in [6, 6.07) is 10.2. The maximum atomic E-state index is 13.2. The Morgan fingerprint density at radius 3 is 2.44 bits per heavy atom.